The number of oxime groups is 1. The van der Waals surface area contributed by atoms with Crippen LogP contribution in [0.25, 0.3) is 6.08 Å². The van der Waals surface area contributed by atoms with E-state index >= 15 is 0 Å². The average molecular weight is 291 g/mol. The summed E-state index contributed by atoms with van der Waals surface area (Å²) in [6.45, 7) is 6.16. The maximum absolute atomic E-state index is 12.0. The lowest BCUT2D eigenvalue weighted by atomic mass is 9.95. The second-order valence-corrected chi connectivity index (χ2v) is 5.56. The molecule has 0 saturated heterocycles. The van der Waals surface area contributed by atoms with Gasteiger partial charge in [0.15, 0.2) is 0 Å². The molecule has 0 N–H and O–H groups in total. The third-order valence-corrected chi connectivity index (χ3v) is 3.77. The van der Waals surface area contributed by atoms with Crippen molar-refractivity contribution in [3.63, 3.8) is 0 Å². The quantitative estimate of drug-likeness (QED) is 0.620. The van der Waals surface area contributed by atoms with Crippen LogP contribution in [0.1, 0.15) is 27.8 Å². The molecule has 0 atom stereocenters. The van der Waals surface area contributed by atoms with E-state index in [2.05, 4.69) is 24.2 Å². The zero-order chi connectivity index (χ0) is 15.7. The first-order valence-corrected chi connectivity index (χ1v) is 7.21. The summed E-state index contributed by atoms with van der Waals surface area (Å²) in [5, 5.41) is 3.94. The molecule has 0 amide bonds. The van der Waals surface area contributed by atoms with Gasteiger partial charge in [0.2, 0.25) is 0 Å². The first-order chi connectivity index (χ1) is 10.6. The lowest BCUT2D eigenvalue weighted by Crippen LogP contribution is -2.07. The van der Waals surface area contributed by atoms with Crippen molar-refractivity contribution >= 4 is 17.8 Å². The summed E-state index contributed by atoms with van der Waals surface area (Å²) in [6, 6.07) is 13.8. The Morgan fingerprint density at radius 2 is 1.64 bits per heavy atom. The summed E-state index contributed by atoms with van der Waals surface area (Å²) >= 11 is 0. The van der Waals surface area contributed by atoms with Crippen molar-refractivity contribution in [2.45, 2.75) is 20.8 Å². The largest absolute Gasteiger partial charge is 0.368 e. The van der Waals surface area contributed by atoms with Crippen molar-refractivity contribution in [1.82, 2.24) is 0 Å². The Kier molecular flexibility index (Phi) is 3.63. The monoisotopic (exact) mass is 291 g/mol. The van der Waals surface area contributed by atoms with E-state index in [-0.39, 0.29) is 0 Å². The number of aryl methyl sites for hydroxylation is 3. The molecule has 1 heterocycles. The van der Waals surface area contributed by atoms with Crippen LogP contribution < -0.4 is 0 Å². The third-order valence-electron chi connectivity index (χ3n) is 3.77. The Labute approximate surface area is 129 Å². The molecule has 1 aliphatic rings. The molecule has 0 aliphatic carbocycles. The average Bonchev–Trinajstić information content (AvgIpc) is 2.85. The minimum atomic E-state index is -0.404. The predicted octanol–water partition coefficient (Wildman–Crippen LogP) is 3.96. The SMILES string of the molecule is Cc1cc(C)c(/C=C2\C(=O)ON=C2c2ccccc2)c(C)c1. The van der Waals surface area contributed by atoms with Crippen molar-refractivity contribution in [3.05, 3.63) is 75.9 Å². The number of carbonyl (C=O) groups excluding carboxylic acids is 1. The maximum atomic E-state index is 12.0. The number of benzene rings is 2. The van der Waals surface area contributed by atoms with Gasteiger partial charge in [0.1, 0.15) is 5.71 Å². The summed E-state index contributed by atoms with van der Waals surface area (Å²) in [5.74, 6) is -0.404. The summed E-state index contributed by atoms with van der Waals surface area (Å²) in [6.07, 6.45) is 1.88. The third kappa shape index (κ3) is 2.58. The Morgan fingerprint density at radius 1 is 1.00 bits per heavy atom. The van der Waals surface area contributed by atoms with E-state index in [0.717, 1.165) is 22.3 Å². The topological polar surface area (TPSA) is 38.7 Å². The van der Waals surface area contributed by atoms with Gasteiger partial charge in [-0.3, -0.25) is 0 Å². The van der Waals surface area contributed by atoms with Gasteiger partial charge in [0.25, 0.3) is 0 Å². The van der Waals surface area contributed by atoms with E-state index < -0.39 is 5.97 Å². The molecule has 110 valence electrons. The predicted molar refractivity (Wildman–Crippen MR) is 87.7 cm³/mol. The standard InChI is InChI=1S/C19H17NO2/c1-12-9-13(2)16(14(3)10-12)11-17-18(20-22-19(17)21)15-7-5-4-6-8-15/h4-11H,1-3H3/b17-11-. The van der Waals surface area contributed by atoms with Gasteiger partial charge in [-0.05, 0) is 43.5 Å². The second kappa shape index (κ2) is 5.60. The van der Waals surface area contributed by atoms with Crippen molar-refractivity contribution in [1.29, 1.82) is 0 Å². The molecule has 0 unspecified atom stereocenters. The van der Waals surface area contributed by atoms with Gasteiger partial charge < -0.3 is 4.84 Å². The van der Waals surface area contributed by atoms with E-state index in [1.54, 1.807) is 0 Å². The molecule has 2 aromatic carbocycles. The molecule has 1 aliphatic heterocycles. The first-order valence-electron chi connectivity index (χ1n) is 7.21. The molecule has 3 nitrogen and oxygen atoms in total. The van der Waals surface area contributed by atoms with Crippen LogP contribution in [0.2, 0.25) is 0 Å². The highest BCUT2D eigenvalue weighted by Crippen LogP contribution is 2.24. The molecular formula is C19H17NO2. The number of rotatable bonds is 2. The molecule has 0 fully saturated rings. The van der Waals surface area contributed by atoms with Crippen molar-refractivity contribution in [2.24, 2.45) is 5.16 Å². The number of hydrogen-bond acceptors (Lipinski definition) is 3. The summed E-state index contributed by atoms with van der Waals surface area (Å²) in [4.78, 5) is 16.9. The smallest absolute Gasteiger partial charge is 0.312 e. The van der Waals surface area contributed by atoms with Gasteiger partial charge in [-0.2, -0.15) is 0 Å². The van der Waals surface area contributed by atoms with E-state index in [1.165, 1.54) is 5.56 Å². The van der Waals surface area contributed by atoms with Gasteiger partial charge in [-0.15, -0.1) is 0 Å². The van der Waals surface area contributed by atoms with Crippen LogP contribution in [0, 0.1) is 20.8 Å². The molecule has 0 spiro atoms. The molecule has 0 aromatic heterocycles. The Morgan fingerprint density at radius 3 is 2.27 bits per heavy atom. The minimum absolute atomic E-state index is 0.404. The molecular weight excluding hydrogens is 274 g/mol. The van der Waals surface area contributed by atoms with Crippen LogP contribution in [0.15, 0.2) is 53.2 Å². The van der Waals surface area contributed by atoms with Crippen molar-refractivity contribution < 1.29 is 9.63 Å². The van der Waals surface area contributed by atoms with Gasteiger partial charge >= 0.3 is 5.97 Å². The van der Waals surface area contributed by atoms with E-state index in [4.69, 9.17) is 4.84 Å². The second-order valence-electron chi connectivity index (χ2n) is 5.56. The number of nitrogens with zero attached hydrogens (tertiary/aromatic N) is 1. The lowest BCUT2D eigenvalue weighted by Gasteiger charge is -2.08. The van der Waals surface area contributed by atoms with Crippen LogP contribution in [0.4, 0.5) is 0 Å². The molecule has 22 heavy (non-hydrogen) atoms. The van der Waals surface area contributed by atoms with Crippen molar-refractivity contribution in [3.8, 4) is 0 Å². The highest BCUT2D eigenvalue weighted by atomic mass is 16.7. The first kappa shape index (κ1) is 14.3. The Hall–Kier alpha value is -2.68. The summed E-state index contributed by atoms with van der Waals surface area (Å²) in [5.41, 5.74) is 6.49. The summed E-state index contributed by atoms with van der Waals surface area (Å²) in [7, 11) is 0. The van der Waals surface area contributed by atoms with E-state index in [0.29, 0.717) is 11.3 Å². The number of hydrogen-bond donors (Lipinski definition) is 0. The van der Waals surface area contributed by atoms with Gasteiger partial charge in [-0.1, -0.05) is 53.2 Å². The lowest BCUT2D eigenvalue weighted by molar-refractivity contribution is -0.136. The number of carbonyl (C=O) groups is 1. The van der Waals surface area contributed by atoms with E-state index in [1.807, 2.05) is 50.3 Å². The van der Waals surface area contributed by atoms with Crippen molar-refractivity contribution in [2.75, 3.05) is 0 Å². The fraction of sp³-hybridized carbons (Fsp3) is 0.158. The normalized spacial score (nSPS) is 15.9. The zero-order valence-corrected chi connectivity index (χ0v) is 12.9. The fourth-order valence-corrected chi connectivity index (χ4v) is 2.78. The molecule has 3 heteroatoms. The zero-order valence-electron chi connectivity index (χ0n) is 12.9. The molecule has 0 bridgehead atoms. The van der Waals surface area contributed by atoms with Gasteiger partial charge in [-0.25, -0.2) is 4.79 Å². The molecule has 2 aromatic rings. The minimum Gasteiger partial charge on any atom is -0.312 e. The van der Waals surface area contributed by atoms with Crippen LogP contribution in [0.3, 0.4) is 0 Å². The van der Waals surface area contributed by atoms with Gasteiger partial charge in [0, 0.05) is 5.56 Å². The fourth-order valence-electron chi connectivity index (χ4n) is 2.78. The Bertz CT molecular complexity index is 778. The van der Waals surface area contributed by atoms with Crippen LogP contribution in [-0.2, 0) is 9.63 Å². The molecule has 0 saturated carbocycles. The van der Waals surface area contributed by atoms with Crippen LogP contribution in [0.5, 0.6) is 0 Å². The highest BCUT2D eigenvalue weighted by molar-refractivity contribution is 6.31. The van der Waals surface area contributed by atoms with Gasteiger partial charge in [0.05, 0.1) is 5.57 Å². The highest BCUT2D eigenvalue weighted by Gasteiger charge is 2.27. The van der Waals surface area contributed by atoms with E-state index in [9.17, 15) is 4.79 Å². The molecule has 0 radical (unpaired) electrons. The molecule has 3 rings (SSSR count). The maximum Gasteiger partial charge on any atom is 0.368 e. The van der Waals surface area contributed by atoms with Crippen LogP contribution >= 0.6 is 0 Å². The van der Waals surface area contributed by atoms with Crippen LogP contribution in [-0.4, -0.2) is 11.7 Å². The summed E-state index contributed by atoms with van der Waals surface area (Å²) < 4.78 is 0. The Balaban J connectivity index is 2.10.